The monoisotopic (exact) mass is 376 g/mol. The second-order valence-electron chi connectivity index (χ2n) is 7.79. The highest BCUT2D eigenvalue weighted by molar-refractivity contribution is 5.96. The predicted molar refractivity (Wildman–Crippen MR) is 103 cm³/mol. The van der Waals surface area contributed by atoms with Gasteiger partial charge in [-0.25, -0.2) is 0 Å². The van der Waals surface area contributed by atoms with Crippen molar-refractivity contribution in [1.82, 2.24) is 19.6 Å². The van der Waals surface area contributed by atoms with Crippen molar-refractivity contribution in [2.24, 2.45) is 0 Å². The highest BCUT2D eigenvalue weighted by Crippen LogP contribution is 2.22. The van der Waals surface area contributed by atoms with Gasteiger partial charge in [0.25, 0.3) is 0 Å². The van der Waals surface area contributed by atoms with Crippen molar-refractivity contribution in [2.45, 2.75) is 65.6 Å². The van der Waals surface area contributed by atoms with Crippen molar-refractivity contribution in [3.05, 3.63) is 17.0 Å². The molecule has 0 N–H and O–H groups in total. The Morgan fingerprint density at radius 3 is 2.67 bits per heavy atom. The van der Waals surface area contributed by atoms with Gasteiger partial charge in [-0.05, 0) is 27.2 Å². The van der Waals surface area contributed by atoms with Crippen LogP contribution >= 0.6 is 0 Å². The molecule has 3 rings (SSSR count). The molecule has 0 saturated carbocycles. The lowest BCUT2D eigenvalue weighted by Gasteiger charge is -2.48. The average Bonchev–Trinajstić information content (AvgIpc) is 2.93. The second-order valence-corrected chi connectivity index (χ2v) is 7.79. The molecule has 3 heterocycles. The Morgan fingerprint density at radius 1 is 1.22 bits per heavy atom. The largest absolute Gasteiger partial charge is 0.378 e. The lowest BCUT2D eigenvalue weighted by Crippen LogP contribution is -2.62. The number of fused-ring (bicyclic) bond motifs is 1. The Kier molecular flexibility index (Phi) is 6.32. The fourth-order valence-electron chi connectivity index (χ4n) is 4.53. The van der Waals surface area contributed by atoms with Gasteiger partial charge < -0.3 is 9.64 Å². The van der Waals surface area contributed by atoms with Crippen molar-refractivity contribution in [1.29, 1.82) is 0 Å². The Morgan fingerprint density at radius 2 is 2.00 bits per heavy atom. The summed E-state index contributed by atoms with van der Waals surface area (Å²) in [5.41, 5.74) is 2.26. The summed E-state index contributed by atoms with van der Waals surface area (Å²) in [5, 5.41) is 4.44. The van der Waals surface area contributed by atoms with E-state index in [1.165, 1.54) is 0 Å². The molecular weight excluding hydrogens is 344 g/mol. The first-order valence-corrected chi connectivity index (χ1v) is 10.1. The van der Waals surface area contributed by atoms with Crippen LogP contribution < -0.4 is 0 Å². The SMILES string of the molecule is CCC[C@H]1COC[C@H]2CN(C(=O)CCn3nc(C)c(C(C)=O)c3C)CCN12. The third-order valence-corrected chi connectivity index (χ3v) is 5.86. The molecule has 0 aliphatic carbocycles. The molecule has 27 heavy (non-hydrogen) atoms. The first-order chi connectivity index (χ1) is 12.9. The molecule has 0 unspecified atom stereocenters. The van der Waals surface area contributed by atoms with Crippen LogP contribution in [0.4, 0.5) is 0 Å². The van der Waals surface area contributed by atoms with Gasteiger partial charge in [-0.15, -0.1) is 0 Å². The fraction of sp³-hybridized carbons (Fsp3) is 0.750. The van der Waals surface area contributed by atoms with Gasteiger partial charge in [0, 0.05) is 44.3 Å². The van der Waals surface area contributed by atoms with E-state index in [9.17, 15) is 9.59 Å². The minimum Gasteiger partial charge on any atom is -0.378 e. The summed E-state index contributed by atoms with van der Waals surface area (Å²) in [6.07, 6.45) is 2.72. The molecule has 0 spiro atoms. The van der Waals surface area contributed by atoms with Gasteiger partial charge in [0.15, 0.2) is 5.78 Å². The smallest absolute Gasteiger partial charge is 0.224 e. The molecule has 0 aromatic carbocycles. The molecule has 2 aliphatic rings. The number of nitrogens with zero attached hydrogens (tertiary/aromatic N) is 4. The number of ketones is 1. The lowest BCUT2D eigenvalue weighted by atomic mass is 10.0. The number of aryl methyl sites for hydroxylation is 2. The maximum atomic E-state index is 12.7. The van der Waals surface area contributed by atoms with Crippen molar-refractivity contribution in [2.75, 3.05) is 32.8 Å². The molecule has 7 heteroatoms. The highest BCUT2D eigenvalue weighted by Gasteiger charge is 2.36. The molecule has 1 amide bonds. The van der Waals surface area contributed by atoms with E-state index in [0.717, 1.165) is 50.5 Å². The van der Waals surface area contributed by atoms with E-state index < -0.39 is 0 Å². The highest BCUT2D eigenvalue weighted by atomic mass is 16.5. The zero-order valence-electron chi connectivity index (χ0n) is 17.0. The third-order valence-electron chi connectivity index (χ3n) is 5.86. The maximum absolute atomic E-state index is 12.7. The molecular formula is C20H32N4O3. The van der Waals surface area contributed by atoms with Crippen molar-refractivity contribution < 1.29 is 14.3 Å². The summed E-state index contributed by atoms with van der Waals surface area (Å²) in [7, 11) is 0. The van der Waals surface area contributed by atoms with Crippen LogP contribution in [0.5, 0.6) is 0 Å². The summed E-state index contributed by atoms with van der Waals surface area (Å²) in [6, 6.07) is 0.803. The number of aromatic nitrogens is 2. The van der Waals surface area contributed by atoms with Crippen LogP contribution in [-0.2, 0) is 16.1 Å². The molecule has 0 radical (unpaired) electrons. The zero-order chi connectivity index (χ0) is 19.6. The molecule has 2 fully saturated rings. The van der Waals surface area contributed by atoms with Crippen LogP contribution in [0.1, 0.15) is 54.9 Å². The van der Waals surface area contributed by atoms with Crippen molar-refractivity contribution >= 4 is 11.7 Å². The maximum Gasteiger partial charge on any atom is 0.224 e. The second kappa shape index (κ2) is 8.52. The topological polar surface area (TPSA) is 67.7 Å². The number of hydrogen-bond donors (Lipinski definition) is 0. The van der Waals surface area contributed by atoms with Crippen molar-refractivity contribution in [3.63, 3.8) is 0 Å². The number of Topliss-reactive ketones (excluding diaryl/α,β-unsaturated/α-hetero) is 1. The number of carbonyl (C=O) groups is 2. The van der Waals surface area contributed by atoms with Gasteiger partial charge in [-0.3, -0.25) is 19.2 Å². The van der Waals surface area contributed by atoms with Gasteiger partial charge in [-0.1, -0.05) is 13.3 Å². The standard InChI is InChI=1S/C20H32N4O3/c1-5-6-17-12-27-13-18-11-22(9-10-23(17)18)19(26)7-8-24-15(3)20(16(4)25)14(2)21-24/h17-18H,5-13H2,1-4H3/t17-,18+/m0/s1. The normalized spacial score (nSPS) is 23.3. The number of carbonyl (C=O) groups excluding carboxylic acids is 2. The summed E-state index contributed by atoms with van der Waals surface area (Å²) < 4.78 is 7.58. The average molecular weight is 377 g/mol. The van der Waals surface area contributed by atoms with Gasteiger partial charge in [0.1, 0.15) is 0 Å². The van der Waals surface area contributed by atoms with Crippen LogP contribution in [0.3, 0.4) is 0 Å². The first-order valence-electron chi connectivity index (χ1n) is 10.1. The van der Waals surface area contributed by atoms with Crippen LogP contribution in [0.2, 0.25) is 0 Å². The van der Waals surface area contributed by atoms with E-state index in [1.54, 1.807) is 11.6 Å². The number of amides is 1. The number of ether oxygens (including phenoxy) is 1. The van der Waals surface area contributed by atoms with Crippen molar-refractivity contribution in [3.8, 4) is 0 Å². The Bertz CT molecular complexity index is 698. The summed E-state index contributed by atoms with van der Waals surface area (Å²) in [4.78, 5) is 29.0. The van der Waals surface area contributed by atoms with Gasteiger partial charge in [-0.2, -0.15) is 5.10 Å². The molecule has 2 saturated heterocycles. The van der Waals surface area contributed by atoms with Crippen LogP contribution in [0.15, 0.2) is 0 Å². The zero-order valence-corrected chi connectivity index (χ0v) is 17.0. The molecule has 1 aromatic rings. The minimum absolute atomic E-state index is 0.0256. The van der Waals surface area contributed by atoms with E-state index in [-0.39, 0.29) is 11.7 Å². The number of hydrogen-bond acceptors (Lipinski definition) is 5. The van der Waals surface area contributed by atoms with E-state index in [1.807, 2.05) is 18.7 Å². The summed E-state index contributed by atoms with van der Waals surface area (Å²) in [6.45, 7) is 12.0. The van der Waals surface area contributed by atoms with Gasteiger partial charge >= 0.3 is 0 Å². The molecule has 0 bridgehead atoms. The Hall–Kier alpha value is -1.73. The van der Waals surface area contributed by atoms with Gasteiger partial charge in [0.05, 0.1) is 30.5 Å². The molecule has 2 aliphatic heterocycles. The van der Waals surface area contributed by atoms with Crippen LogP contribution in [-0.4, -0.2) is 76.2 Å². The quantitative estimate of drug-likeness (QED) is 0.709. The minimum atomic E-state index is 0.0256. The Labute approximate surface area is 161 Å². The summed E-state index contributed by atoms with van der Waals surface area (Å²) in [5.74, 6) is 0.182. The van der Waals surface area contributed by atoms with E-state index >= 15 is 0 Å². The first kappa shape index (κ1) is 20.0. The van der Waals surface area contributed by atoms with E-state index in [2.05, 4.69) is 16.9 Å². The number of morpholine rings is 1. The fourth-order valence-corrected chi connectivity index (χ4v) is 4.53. The molecule has 2 atom stereocenters. The van der Waals surface area contributed by atoms with E-state index in [4.69, 9.17) is 4.74 Å². The summed E-state index contributed by atoms with van der Waals surface area (Å²) >= 11 is 0. The van der Waals surface area contributed by atoms with Crippen LogP contribution in [0, 0.1) is 13.8 Å². The lowest BCUT2D eigenvalue weighted by molar-refractivity contribution is -0.140. The predicted octanol–water partition coefficient (Wildman–Crippen LogP) is 1.80. The third kappa shape index (κ3) is 4.24. The molecule has 7 nitrogen and oxygen atoms in total. The van der Waals surface area contributed by atoms with Crippen LogP contribution in [0.25, 0.3) is 0 Å². The number of rotatable bonds is 6. The molecule has 150 valence electrons. The van der Waals surface area contributed by atoms with Gasteiger partial charge in [0.2, 0.25) is 5.91 Å². The van der Waals surface area contributed by atoms with E-state index in [0.29, 0.717) is 37.2 Å². The molecule has 1 aromatic heterocycles. The Balaban J connectivity index is 1.57. The number of piperazine rings is 1.